The van der Waals surface area contributed by atoms with Crippen LogP contribution in [0.5, 0.6) is 0 Å². The molecule has 2 saturated heterocycles. The number of aliphatic carboxylic acids is 1. The van der Waals surface area contributed by atoms with Crippen molar-refractivity contribution < 1.29 is 19.5 Å². The molecule has 0 aromatic heterocycles. The first kappa shape index (κ1) is 16.4. The van der Waals surface area contributed by atoms with Gasteiger partial charge in [0.1, 0.15) is 12.1 Å². The highest BCUT2D eigenvalue weighted by atomic mass is 16.4. The maximum absolute atomic E-state index is 12.9. The fourth-order valence-electron chi connectivity index (χ4n) is 3.36. The number of rotatable bonds is 3. The minimum absolute atomic E-state index is 0.314. The fraction of sp³-hybridized carbons (Fsp3) is 0.471. The van der Waals surface area contributed by atoms with Gasteiger partial charge in [0.15, 0.2) is 0 Å². The number of carbonyl (C=O) groups excluding carboxylic acids is 2. The van der Waals surface area contributed by atoms with Crippen molar-refractivity contribution in [3.63, 3.8) is 0 Å². The number of nitrogens with one attached hydrogen (secondary N) is 1. The van der Waals surface area contributed by atoms with E-state index in [0.29, 0.717) is 31.5 Å². The number of carboxylic acid groups (broad SMARTS) is 1. The van der Waals surface area contributed by atoms with E-state index in [1.807, 2.05) is 11.1 Å². The summed E-state index contributed by atoms with van der Waals surface area (Å²) in [6.45, 7) is 1.31. The molecule has 128 valence electrons. The van der Waals surface area contributed by atoms with E-state index in [-0.39, 0.29) is 11.8 Å². The molecule has 24 heavy (non-hydrogen) atoms. The molecule has 2 aliphatic rings. The predicted octanol–water partition coefficient (Wildman–Crippen LogP) is 0.871. The van der Waals surface area contributed by atoms with Crippen LogP contribution in [0, 0.1) is 0 Å². The zero-order chi connectivity index (χ0) is 17.1. The molecule has 0 radical (unpaired) electrons. The van der Waals surface area contributed by atoms with Gasteiger partial charge < -0.3 is 10.4 Å². The third kappa shape index (κ3) is 3.26. The predicted molar refractivity (Wildman–Crippen MR) is 86.0 cm³/mol. The minimum Gasteiger partial charge on any atom is -0.480 e. The van der Waals surface area contributed by atoms with Gasteiger partial charge in [0.2, 0.25) is 0 Å². The van der Waals surface area contributed by atoms with Crippen molar-refractivity contribution in [1.82, 2.24) is 15.3 Å². The monoisotopic (exact) mass is 331 g/mol. The van der Waals surface area contributed by atoms with Crippen LogP contribution in [-0.4, -0.2) is 58.1 Å². The highest BCUT2D eigenvalue weighted by Crippen LogP contribution is 2.24. The average Bonchev–Trinajstić information content (AvgIpc) is 2.75. The second-order valence-electron chi connectivity index (χ2n) is 6.17. The maximum Gasteiger partial charge on any atom is 0.328 e. The molecule has 2 aliphatic heterocycles. The van der Waals surface area contributed by atoms with Crippen LogP contribution in [0.4, 0.5) is 0 Å². The van der Waals surface area contributed by atoms with Gasteiger partial charge in [-0.1, -0.05) is 18.2 Å². The summed E-state index contributed by atoms with van der Waals surface area (Å²) in [4.78, 5) is 36.7. The Balaban J connectivity index is 1.78. The lowest BCUT2D eigenvalue weighted by atomic mass is 10.1. The summed E-state index contributed by atoms with van der Waals surface area (Å²) in [6.07, 6.45) is 2.43. The molecule has 2 N–H and O–H groups in total. The van der Waals surface area contributed by atoms with E-state index in [1.165, 1.54) is 5.01 Å². The van der Waals surface area contributed by atoms with E-state index in [2.05, 4.69) is 5.32 Å². The lowest BCUT2D eigenvalue weighted by Gasteiger charge is -2.42. The number of carboxylic acids is 1. The van der Waals surface area contributed by atoms with Crippen LogP contribution in [0.3, 0.4) is 0 Å². The van der Waals surface area contributed by atoms with Crippen LogP contribution < -0.4 is 5.32 Å². The molecule has 0 saturated carbocycles. The van der Waals surface area contributed by atoms with E-state index in [0.717, 1.165) is 12.8 Å². The summed E-state index contributed by atoms with van der Waals surface area (Å²) in [6, 6.07) is 7.17. The third-order valence-electron chi connectivity index (χ3n) is 4.55. The molecule has 0 aliphatic carbocycles. The standard InChI is InChI=1S/C17H21N3O4/c21-15(12-6-2-1-3-7-12)18-13-8-4-10-19-11-5-9-14(17(23)24)20(19)16(13)22/h1-3,6-7,13-14H,4-5,8-11H2,(H,18,21)(H,23,24)/t13-,14+/m1/s1. The molecule has 1 aromatic rings. The molecule has 0 unspecified atom stereocenters. The molecule has 0 spiro atoms. The number of nitrogens with zero attached hydrogens (tertiary/aromatic N) is 2. The molecule has 3 rings (SSSR count). The maximum atomic E-state index is 12.9. The summed E-state index contributed by atoms with van der Waals surface area (Å²) in [5, 5.41) is 15.4. The molecule has 2 fully saturated rings. The van der Waals surface area contributed by atoms with E-state index in [4.69, 9.17) is 0 Å². The zero-order valence-corrected chi connectivity index (χ0v) is 13.4. The smallest absolute Gasteiger partial charge is 0.328 e. The van der Waals surface area contributed by atoms with Gasteiger partial charge >= 0.3 is 5.97 Å². The van der Waals surface area contributed by atoms with Gasteiger partial charge in [-0.2, -0.15) is 0 Å². The number of hydrogen-bond acceptors (Lipinski definition) is 4. The van der Waals surface area contributed by atoms with E-state index < -0.39 is 18.1 Å². The lowest BCUT2D eigenvalue weighted by Crippen LogP contribution is -2.61. The largest absolute Gasteiger partial charge is 0.480 e. The molecule has 2 amide bonds. The second kappa shape index (κ2) is 7.00. The Hall–Kier alpha value is -2.41. The number of hydrazine groups is 1. The first-order valence-corrected chi connectivity index (χ1v) is 8.24. The van der Waals surface area contributed by atoms with Crippen LogP contribution in [0.1, 0.15) is 36.0 Å². The highest BCUT2D eigenvalue weighted by Gasteiger charge is 2.41. The highest BCUT2D eigenvalue weighted by molar-refractivity contribution is 5.98. The van der Waals surface area contributed by atoms with Gasteiger partial charge in [-0.3, -0.25) is 14.6 Å². The molecule has 2 atom stereocenters. The van der Waals surface area contributed by atoms with Gasteiger partial charge in [-0.15, -0.1) is 0 Å². The zero-order valence-electron chi connectivity index (χ0n) is 13.4. The molecule has 1 aromatic carbocycles. The van der Waals surface area contributed by atoms with Crippen molar-refractivity contribution in [1.29, 1.82) is 0 Å². The van der Waals surface area contributed by atoms with Gasteiger partial charge in [-0.05, 0) is 37.8 Å². The molecular formula is C17H21N3O4. The lowest BCUT2D eigenvalue weighted by molar-refractivity contribution is -0.174. The first-order chi connectivity index (χ1) is 11.6. The van der Waals surface area contributed by atoms with Crippen LogP contribution in [-0.2, 0) is 9.59 Å². The van der Waals surface area contributed by atoms with Crippen LogP contribution >= 0.6 is 0 Å². The topological polar surface area (TPSA) is 89.9 Å². The Morgan fingerprint density at radius 3 is 2.42 bits per heavy atom. The van der Waals surface area contributed by atoms with Crippen molar-refractivity contribution in [2.75, 3.05) is 13.1 Å². The van der Waals surface area contributed by atoms with Crippen molar-refractivity contribution in [2.24, 2.45) is 0 Å². The Labute approximate surface area is 140 Å². The SMILES string of the molecule is O=C(N[C@@H]1CCCN2CCC[C@@H](C(=O)O)N2C1=O)c1ccccc1. The van der Waals surface area contributed by atoms with Crippen LogP contribution in [0.15, 0.2) is 30.3 Å². The molecule has 7 nitrogen and oxygen atoms in total. The number of carbonyl (C=O) groups is 3. The van der Waals surface area contributed by atoms with Crippen molar-refractivity contribution in [3.05, 3.63) is 35.9 Å². The summed E-state index contributed by atoms with van der Waals surface area (Å²) in [7, 11) is 0. The van der Waals surface area contributed by atoms with Crippen LogP contribution in [0.25, 0.3) is 0 Å². The molecule has 0 bridgehead atoms. The second-order valence-corrected chi connectivity index (χ2v) is 6.17. The summed E-state index contributed by atoms with van der Waals surface area (Å²) >= 11 is 0. The number of benzene rings is 1. The average molecular weight is 331 g/mol. The van der Waals surface area contributed by atoms with Crippen molar-refractivity contribution >= 4 is 17.8 Å². The quantitative estimate of drug-likeness (QED) is 0.858. The summed E-state index contributed by atoms with van der Waals surface area (Å²) in [5.74, 6) is -1.64. The van der Waals surface area contributed by atoms with Gasteiger partial charge in [0.05, 0.1) is 0 Å². The number of hydrogen-bond donors (Lipinski definition) is 2. The Morgan fingerprint density at radius 2 is 1.75 bits per heavy atom. The Morgan fingerprint density at radius 1 is 1.08 bits per heavy atom. The third-order valence-corrected chi connectivity index (χ3v) is 4.55. The fourth-order valence-corrected chi connectivity index (χ4v) is 3.36. The summed E-state index contributed by atoms with van der Waals surface area (Å²) < 4.78 is 0. The normalized spacial score (nSPS) is 24.8. The van der Waals surface area contributed by atoms with Gasteiger partial charge in [0, 0.05) is 18.7 Å². The van der Waals surface area contributed by atoms with Gasteiger partial charge in [-0.25, -0.2) is 9.80 Å². The van der Waals surface area contributed by atoms with Crippen molar-refractivity contribution in [2.45, 2.75) is 37.8 Å². The Bertz CT molecular complexity index is 634. The molecule has 2 heterocycles. The van der Waals surface area contributed by atoms with E-state index in [1.54, 1.807) is 24.3 Å². The summed E-state index contributed by atoms with van der Waals surface area (Å²) in [5.41, 5.74) is 0.486. The first-order valence-electron chi connectivity index (χ1n) is 8.24. The molecule has 7 heteroatoms. The Kier molecular flexibility index (Phi) is 4.80. The number of amides is 2. The van der Waals surface area contributed by atoms with E-state index in [9.17, 15) is 19.5 Å². The van der Waals surface area contributed by atoms with E-state index >= 15 is 0 Å². The van der Waals surface area contributed by atoms with Crippen molar-refractivity contribution in [3.8, 4) is 0 Å². The van der Waals surface area contributed by atoms with Gasteiger partial charge in [0.25, 0.3) is 11.8 Å². The van der Waals surface area contributed by atoms with Crippen LogP contribution in [0.2, 0.25) is 0 Å². The minimum atomic E-state index is -0.997. The molecular weight excluding hydrogens is 310 g/mol. The number of fused-ring (bicyclic) bond motifs is 1.